The molecule has 98 valence electrons. The zero-order valence-electron chi connectivity index (χ0n) is 11.2. The van der Waals surface area contributed by atoms with Crippen molar-refractivity contribution < 1.29 is 5.11 Å². The molecule has 0 aromatic carbocycles. The molecule has 1 aromatic rings. The number of aliphatic hydroxyl groups excluding tert-OH is 1. The van der Waals surface area contributed by atoms with Gasteiger partial charge in [0, 0.05) is 17.8 Å². The number of fused-ring (bicyclic) bond motifs is 1. The first-order valence-electron chi connectivity index (χ1n) is 7.41. The van der Waals surface area contributed by atoms with E-state index in [9.17, 15) is 5.11 Å². The minimum Gasteiger partial charge on any atom is -0.392 e. The molecule has 0 spiro atoms. The number of nitrogens with zero attached hydrogens (tertiary/aromatic N) is 1. The van der Waals surface area contributed by atoms with E-state index < -0.39 is 0 Å². The predicted molar refractivity (Wildman–Crippen MR) is 72.4 cm³/mol. The maximum atomic E-state index is 10.7. The van der Waals surface area contributed by atoms with Gasteiger partial charge in [0.25, 0.3) is 0 Å². The zero-order chi connectivity index (χ0) is 12.5. The second-order valence-corrected chi connectivity index (χ2v) is 6.03. The lowest BCUT2D eigenvalue weighted by Gasteiger charge is -2.24. The van der Waals surface area contributed by atoms with Gasteiger partial charge in [-0.15, -0.1) is 0 Å². The first kappa shape index (κ1) is 12.2. The van der Waals surface area contributed by atoms with Gasteiger partial charge in [-0.25, -0.2) is 0 Å². The van der Waals surface area contributed by atoms with E-state index in [2.05, 4.69) is 18.0 Å². The molecule has 1 heterocycles. The molecule has 1 N–H and O–H groups in total. The lowest BCUT2D eigenvalue weighted by molar-refractivity contribution is 0.0797. The van der Waals surface area contributed by atoms with E-state index in [1.807, 2.05) is 12.3 Å². The summed E-state index contributed by atoms with van der Waals surface area (Å²) in [6, 6.07) is 4.18. The number of aromatic nitrogens is 1. The van der Waals surface area contributed by atoms with Crippen LogP contribution in [0.2, 0.25) is 0 Å². The Hall–Kier alpha value is -0.890. The molecule has 1 saturated carbocycles. The third-order valence-electron chi connectivity index (χ3n) is 5.06. The molecule has 2 aliphatic rings. The van der Waals surface area contributed by atoms with Crippen LogP contribution in [-0.4, -0.2) is 16.2 Å². The smallest absolute Gasteiger partial charge is 0.0652 e. The predicted octanol–water partition coefficient (Wildman–Crippen LogP) is 3.30. The summed E-state index contributed by atoms with van der Waals surface area (Å²) in [5.41, 5.74) is 2.52. The van der Waals surface area contributed by atoms with Crippen molar-refractivity contribution in [2.24, 2.45) is 11.8 Å². The lowest BCUT2D eigenvalue weighted by Crippen LogP contribution is -2.25. The standard InChI is InChI=1S/C16H23NO/c1-2-11-5-6-13(10-11)16(18)14-8-7-12-4-3-9-17-15(12)14/h3-4,9,11,13-14,16,18H,2,5-8,10H2,1H3. The molecule has 0 saturated heterocycles. The number of hydrogen-bond acceptors (Lipinski definition) is 2. The Kier molecular flexibility index (Phi) is 3.38. The minimum atomic E-state index is -0.169. The van der Waals surface area contributed by atoms with Crippen LogP contribution < -0.4 is 0 Å². The van der Waals surface area contributed by atoms with Crippen LogP contribution in [0, 0.1) is 11.8 Å². The van der Waals surface area contributed by atoms with E-state index in [1.165, 1.54) is 36.9 Å². The second-order valence-electron chi connectivity index (χ2n) is 6.03. The first-order chi connectivity index (χ1) is 8.79. The van der Waals surface area contributed by atoms with Crippen molar-refractivity contribution in [2.75, 3.05) is 0 Å². The van der Waals surface area contributed by atoms with Crippen molar-refractivity contribution in [3.05, 3.63) is 29.6 Å². The Bertz CT molecular complexity index is 417. The molecule has 2 heteroatoms. The molecule has 4 unspecified atom stereocenters. The van der Waals surface area contributed by atoms with E-state index in [0.717, 1.165) is 18.8 Å². The topological polar surface area (TPSA) is 33.1 Å². The SMILES string of the molecule is CCC1CCC(C(O)C2CCc3cccnc32)C1. The summed E-state index contributed by atoms with van der Waals surface area (Å²) < 4.78 is 0. The van der Waals surface area contributed by atoms with Crippen LogP contribution in [0.4, 0.5) is 0 Å². The number of pyridine rings is 1. The van der Waals surface area contributed by atoms with Gasteiger partial charge in [0.05, 0.1) is 6.10 Å². The fourth-order valence-corrected chi connectivity index (χ4v) is 3.90. The molecule has 2 nitrogen and oxygen atoms in total. The highest BCUT2D eigenvalue weighted by molar-refractivity contribution is 5.29. The Morgan fingerprint density at radius 3 is 3.06 bits per heavy atom. The first-order valence-corrected chi connectivity index (χ1v) is 7.41. The molecule has 0 radical (unpaired) electrons. The molecule has 18 heavy (non-hydrogen) atoms. The van der Waals surface area contributed by atoms with Crippen LogP contribution in [0.5, 0.6) is 0 Å². The third-order valence-corrected chi connectivity index (χ3v) is 5.06. The van der Waals surface area contributed by atoms with Gasteiger partial charge in [-0.1, -0.05) is 25.8 Å². The summed E-state index contributed by atoms with van der Waals surface area (Å²) in [6.45, 7) is 2.27. The highest BCUT2D eigenvalue weighted by atomic mass is 16.3. The molecular weight excluding hydrogens is 222 g/mol. The molecule has 3 rings (SSSR count). The van der Waals surface area contributed by atoms with Crippen LogP contribution in [0.15, 0.2) is 18.3 Å². The molecule has 1 aromatic heterocycles. The number of rotatable bonds is 3. The summed E-state index contributed by atoms with van der Waals surface area (Å²) in [5, 5.41) is 10.7. The van der Waals surface area contributed by atoms with Gasteiger partial charge in [-0.2, -0.15) is 0 Å². The number of aryl methyl sites for hydroxylation is 1. The van der Waals surface area contributed by atoms with Gasteiger partial charge in [0.1, 0.15) is 0 Å². The fraction of sp³-hybridized carbons (Fsp3) is 0.688. The molecule has 2 aliphatic carbocycles. The van der Waals surface area contributed by atoms with Gasteiger partial charge in [-0.05, 0) is 49.1 Å². The van der Waals surface area contributed by atoms with Gasteiger partial charge < -0.3 is 5.11 Å². The molecule has 4 atom stereocenters. The van der Waals surface area contributed by atoms with E-state index >= 15 is 0 Å². The maximum absolute atomic E-state index is 10.7. The van der Waals surface area contributed by atoms with Crippen molar-refractivity contribution in [1.29, 1.82) is 0 Å². The van der Waals surface area contributed by atoms with Crippen LogP contribution in [0.3, 0.4) is 0 Å². The van der Waals surface area contributed by atoms with Crippen molar-refractivity contribution >= 4 is 0 Å². The molecule has 0 amide bonds. The average Bonchev–Trinajstić information content (AvgIpc) is 3.04. The van der Waals surface area contributed by atoms with Crippen molar-refractivity contribution in [3.8, 4) is 0 Å². The number of hydrogen-bond donors (Lipinski definition) is 1. The Morgan fingerprint density at radius 2 is 2.28 bits per heavy atom. The Balaban J connectivity index is 1.73. The van der Waals surface area contributed by atoms with Gasteiger partial charge >= 0.3 is 0 Å². The van der Waals surface area contributed by atoms with Crippen LogP contribution in [-0.2, 0) is 6.42 Å². The number of aliphatic hydroxyl groups is 1. The van der Waals surface area contributed by atoms with Crippen molar-refractivity contribution in [1.82, 2.24) is 4.98 Å². The largest absolute Gasteiger partial charge is 0.392 e. The highest BCUT2D eigenvalue weighted by Crippen LogP contribution is 2.42. The fourth-order valence-electron chi connectivity index (χ4n) is 3.90. The van der Waals surface area contributed by atoms with Crippen molar-refractivity contribution in [2.45, 2.75) is 57.5 Å². The summed E-state index contributed by atoms with van der Waals surface area (Å²) in [6.07, 6.45) is 8.87. The molecule has 0 bridgehead atoms. The van der Waals surface area contributed by atoms with Gasteiger partial charge in [-0.3, -0.25) is 4.98 Å². The average molecular weight is 245 g/mol. The summed E-state index contributed by atoms with van der Waals surface area (Å²) in [7, 11) is 0. The minimum absolute atomic E-state index is 0.169. The zero-order valence-corrected chi connectivity index (χ0v) is 11.2. The summed E-state index contributed by atoms with van der Waals surface area (Å²) in [4.78, 5) is 4.51. The second kappa shape index (κ2) is 5.00. The third kappa shape index (κ3) is 2.07. The molecule has 1 fully saturated rings. The Morgan fingerprint density at radius 1 is 1.39 bits per heavy atom. The van der Waals surface area contributed by atoms with Crippen LogP contribution in [0.1, 0.15) is 56.2 Å². The highest BCUT2D eigenvalue weighted by Gasteiger charge is 2.37. The Labute approximate surface area is 109 Å². The van der Waals surface area contributed by atoms with Gasteiger partial charge in [0.2, 0.25) is 0 Å². The molecular formula is C16H23NO. The summed E-state index contributed by atoms with van der Waals surface area (Å²) in [5.74, 6) is 1.64. The van der Waals surface area contributed by atoms with E-state index in [4.69, 9.17) is 0 Å². The van der Waals surface area contributed by atoms with Crippen LogP contribution in [0.25, 0.3) is 0 Å². The lowest BCUT2D eigenvalue weighted by atomic mass is 9.87. The van der Waals surface area contributed by atoms with E-state index in [0.29, 0.717) is 11.8 Å². The van der Waals surface area contributed by atoms with E-state index in [1.54, 1.807) is 0 Å². The monoisotopic (exact) mass is 245 g/mol. The van der Waals surface area contributed by atoms with Crippen molar-refractivity contribution in [3.63, 3.8) is 0 Å². The van der Waals surface area contributed by atoms with Crippen LogP contribution >= 0.6 is 0 Å². The normalized spacial score (nSPS) is 32.4. The van der Waals surface area contributed by atoms with E-state index in [-0.39, 0.29) is 6.10 Å². The molecule has 0 aliphatic heterocycles. The maximum Gasteiger partial charge on any atom is 0.0652 e. The quantitative estimate of drug-likeness (QED) is 0.886. The van der Waals surface area contributed by atoms with Gasteiger partial charge in [0.15, 0.2) is 0 Å². The summed E-state index contributed by atoms with van der Waals surface area (Å²) >= 11 is 0.